The van der Waals surface area contributed by atoms with E-state index in [9.17, 15) is 0 Å². The van der Waals surface area contributed by atoms with Gasteiger partial charge in [0.25, 0.3) is 0 Å². The second-order valence-electron chi connectivity index (χ2n) is 2.42. The highest BCUT2D eigenvalue weighted by Crippen LogP contribution is 2.15. The molecular formula is C8H15BrCl. The van der Waals surface area contributed by atoms with Crippen LogP contribution in [0.2, 0.25) is 0 Å². The van der Waals surface area contributed by atoms with Gasteiger partial charge < -0.3 is 0 Å². The van der Waals surface area contributed by atoms with Gasteiger partial charge in [0, 0.05) is 10.7 Å². The Bertz CT molecular complexity index is 66.3. The lowest BCUT2D eigenvalue weighted by Crippen LogP contribution is -1.96. The van der Waals surface area contributed by atoms with Crippen molar-refractivity contribution in [2.45, 2.75) is 36.9 Å². The largest absolute Gasteiger partial charge is 0.127 e. The van der Waals surface area contributed by atoms with Crippen LogP contribution in [0.25, 0.3) is 0 Å². The first-order valence-corrected chi connectivity index (χ1v) is 5.25. The molecular weight excluding hydrogens is 211 g/mol. The van der Waals surface area contributed by atoms with Gasteiger partial charge in [-0.2, -0.15) is 0 Å². The molecule has 0 amide bonds. The minimum Gasteiger partial charge on any atom is -0.127 e. The number of halogens is 2. The molecule has 1 atom stereocenters. The van der Waals surface area contributed by atoms with Gasteiger partial charge in [-0.15, -0.1) is 11.6 Å². The molecule has 0 aromatic heterocycles. The van der Waals surface area contributed by atoms with Crippen LogP contribution in [0.15, 0.2) is 0 Å². The zero-order chi connectivity index (χ0) is 7.82. The van der Waals surface area contributed by atoms with Crippen LogP contribution in [-0.4, -0.2) is 10.7 Å². The standard InChI is InChI=1S/C8H15BrCl/c1-2-5-8(9)6-3-4-7-10/h8H,1-7H2. The van der Waals surface area contributed by atoms with Gasteiger partial charge in [0.15, 0.2) is 0 Å². The van der Waals surface area contributed by atoms with Crippen LogP contribution in [0, 0.1) is 6.92 Å². The Kier molecular flexibility index (Phi) is 8.48. The molecule has 2 heteroatoms. The summed E-state index contributed by atoms with van der Waals surface area (Å²) in [5.41, 5.74) is 0. The van der Waals surface area contributed by atoms with E-state index in [2.05, 4.69) is 22.9 Å². The molecule has 0 fully saturated rings. The molecule has 1 unspecified atom stereocenters. The first-order valence-electron chi connectivity index (χ1n) is 3.80. The van der Waals surface area contributed by atoms with Crippen molar-refractivity contribution in [3.05, 3.63) is 6.92 Å². The smallest absolute Gasteiger partial charge is 0.0223 e. The lowest BCUT2D eigenvalue weighted by atomic mass is 10.1. The molecule has 0 bridgehead atoms. The Hall–Kier alpha value is 0.770. The second kappa shape index (κ2) is 7.87. The van der Waals surface area contributed by atoms with Crippen molar-refractivity contribution in [3.63, 3.8) is 0 Å². The molecule has 0 heterocycles. The number of hydrogen-bond acceptors (Lipinski definition) is 0. The first-order chi connectivity index (χ1) is 4.81. The first kappa shape index (κ1) is 10.8. The van der Waals surface area contributed by atoms with E-state index in [1.807, 2.05) is 0 Å². The van der Waals surface area contributed by atoms with Crippen LogP contribution in [0.4, 0.5) is 0 Å². The molecule has 0 aromatic rings. The van der Waals surface area contributed by atoms with Crippen LogP contribution in [0.3, 0.4) is 0 Å². The van der Waals surface area contributed by atoms with E-state index in [4.69, 9.17) is 11.6 Å². The van der Waals surface area contributed by atoms with Gasteiger partial charge in [-0.05, 0) is 19.3 Å². The van der Waals surface area contributed by atoms with Gasteiger partial charge in [-0.3, -0.25) is 0 Å². The molecule has 0 aliphatic heterocycles. The minimum absolute atomic E-state index is 0.660. The highest BCUT2D eigenvalue weighted by Gasteiger charge is 2.00. The van der Waals surface area contributed by atoms with Crippen molar-refractivity contribution >= 4 is 27.5 Å². The normalized spacial score (nSPS) is 13.5. The molecule has 0 spiro atoms. The maximum absolute atomic E-state index is 5.53. The monoisotopic (exact) mass is 225 g/mol. The van der Waals surface area contributed by atoms with Gasteiger partial charge in [0.2, 0.25) is 0 Å². The van der Waals surface area contributed by atoms with Crippen LogP contribution >= 0.6 is 27.5 Å². The van der Waals surface area contributed by atoms with Crippen LogP contribution in [0.1, 0.15) is 32.1 Å². The fourth-order valence-corrected chi connectivity index (χ4v) is 1.66. The topological polar surface area (TPSA) is 0 Å². The average Bonchev–Trinajstić information content (AvgIpc) is 1.89. The third-order valence-corrected chi connectivity index (χ3v) is 2.60. The Morgan fingerprint density at radius 3 is 2.50 bits per heavy atom. The van der Waals surface area contributed by atoms with E-state index in [0.29, 0.717) is 4.83 Å². The Morgan fingerprint density at radius 1 is 1.30 bits per heavy atom. The van der Waals surface area contributed by atoms with Crippen LogP contribution in [-0.2, 0) is 0 Å². The van der Waals surface area contributed by atoms with E-state index in [1.54, 1.807) is 0 Å². The summed E-state index contributed by atoms with van der Waals surface area (Å²) in [7, 11) is 0. The molecule has 1 radical (unpaired) electrons. The summed E-state index contributed by atoms with van der Waals surface area (Å²) in [5.74, 6) is 0.796. The third-order valence-electron chi connectivity index (χ3n) is 1.42. The SMILES string of the molecule is [CH2]CCC(Br)CCCCCl. The maximum atomic E-state index is 5.53. The number of hydrogen-bond donors (Lipinski definition) is 0. The Balaban J connectivity index is 2.97. The van der Waals surface area contributed by atoms with E-state index in [1.165, 1.54) is 19.3 Å². The molecule has 10 heavy (non-hydrogen) atoms. The summed E-state index contributed by atoms with van der Waals surface area (Å²) in [4.78, 5) is 0.660. The molecule has 0 N–H and O–H groups in total. The average molecular weight is 227 g/mol. The van der Waals surface area contributed by atoms with E-state index in [0.717, 1.165) is 18.7 Å². The van der Waals surface area contributed by atoms with Gasteiger partial charge in [0.05, 0.1) is 0 Å². The van der Waals surface area contributed by atoms with Crippen molar-refractivity contribution in [1.82, 2.24) is 0 Å². The zero-order valence-electron chi connectivity index (χ0n) is 6.28. The number of rotatable bonds is 6. The molecule has 0 saturated carbocycles. The maximum Gasteiger partial charge on any atom is 0.0223 e. The Morgan fingerprint density at radius 2 is 2.00 bits per heavy atom. The Labute approximate surface area is 77.5 Å². The molecule has 0 aliphatic rings. The zero-order valence-corrected chi connectivity index (χ0v) is 8.62. The van der Waals surface area contributed by atoms with Crippen molar-refractivity contribution in [2.24, 2.45) is 0 Å². The van der Waals surface area contributed by atoms with Crippen molar-refractivity contribution in [3.8, 4) is 0 Å². The quantitative estimate of drug-likeness (QED) is 0.478. The van der Waals surface area contributed by atoms with E-state index < -0.39 is 0 Å². The highest BCUT2D eigenvalue weighted by atomic mass is 79.9. The van der Waals surface area contributed by atoms with Crippen molar-refractivity contribution in [1.29, 1.82) is 0 Å². The lowest BCUT2D eigenvalue weighted by molar-refractivity contribution is 0.661. The van der Waals surface area contributed by atoms with Gasteiger partial charge in [0.1, 0.15) is 0 Å². The van der Waals surface area contributed by atoms with Gasteiger partial charge in [-0.25, -0.2) is 0 Å². The fraction of sp³-hybridized carbons (Fsp3) is 0.875. The third kappa shape index (κ3) is 6.88. The number of alkyl halides is 2. The summed E-state index contributed by atoms with van der Waals surface area (Å²) in [6.07, 6.45) is 5.82. The summed E-state index contributed by atoms with van der Waals surface area (Å²) in [6.45, 7) is 3.80. The summed E-state index contributed by atoms with van der Waals surface area (Å²) in [6, 6.07) is 0. The van der Waals surface area contributed by atoms with Crippen LogP contribution < -0.4 is 0 Å². The van der Waals surface area contributed by atoms with Crippen LogP contribution in [0.5, 0.6) is 0 Å². The van der Waals surface area contributed by atoms with Crippen molar-refractivity contribution < 1.29 is 0 Å². The van der Waals surface area contributed by atoms with Gasteiger partial charge in [-0.1, -0.05) is 35.7 Å². The van der Waals surface area contributed by atoms with Gasteiger partial charge >= 0.3 is 0 Å². The predicted octanol–water partition coefficient (Wildman–Crippen LogP) is 3.77. The summed E-state index contributed by atoms with van der Waals surface area (Å²) < 4.78 is 0. The van der Waals surface area contributed by atoms with Crippen molar-refractivity contribution in [2.75, 3.05) is 5.88 Å². The molecule has 0 aromatic carbocycles. The molecule has 61 valence electrons. The summed E-state index contributed by atoms with van der Waals surface area (Å²) in [5, 5.41) is 0. The highest BCUT2D eigenvalue weighted by molar-refractivity contribution is 9.09. The predicted molar refractivity (Wildman–Crippen MR) is 51.9 cm³/mol. The molecule has 0 saturated heterocycles. The second-order valence-corrected chi connectivity index (χ2v) is 4.10. The minimum atomic E-state index is 0.660. The lowest BCUT2D eigenvalue weighted by Gasteiger charge is -2.05. The fourth-order valence-electron chi connectivity index (χ4n) is 0.826. The van der Waals surface area contributed by atoms with E-state index in [-0.39, 0.29) is 0 Å². The molecule has 0 aliphatic carbocycles. The molecule has 0 rings (SSSR count). The molecule has 0 nitrogen and oxygen atoms in total. The number of unbranched alkanes of at least 4 members (excludes halogenated alkanes) is 1. The summed E-state index contributed by atoms with van der Waals surface area (Å²) >= 11 is 9.12. The van der Waals surface area contributed by atoms with E-state index >= 15 is 0 Å².